The van der Waals surface area contributed by atoms with E-state index >= 15 is 0 Å². The van der Waals surface area contributed by atoms with Crippen molar-refractivity contribution in [3.8, 4) is 0 Å². The fourth-order valence-corrected chi connectivity index (χ4v) is 2.56. The number of fused-ring (bicyclic) bond motifs is 1. The number of rotatable bonds is 3. The van der Waals surface area contributed by atoms with Crippen molar-refractivity contribution < 1.29 is 13.9 Å². The van der Waals surface area contributed by atoms with Gasteiger partial charge in [0.2, 0.25) is 0 Å². The molecule has 0 bridgehead atoms. The van der Waals surface area contributed by atoms with Crippen LogP contribution < -0.4 is 10.9 Å². The summed E-state index contributed by atoms with van der Waals surface area (Å²) in [5.41, 5.74) is 0.821. The molecule has 1 N–H and O–H groups in total. The molecular formula is C16H17NO4. The van der Waals surface area contributed by atoms with Crippen LogP contribution in [0.4, 0.5) is 0 Å². The molecule has 1 aliphatic rings. The van der Waals surface area contributed by atoms with Gasteiger partial charge in [0.1, 0.15) is 11.1 Å². The average molecular weight is 287 g/mol. The lowest BCUT2D eigenvalue weighted by Gasteiger charge is -2.10. The van der Waals surface area contributed by atoms with Crippen molar-refractivity contribution in [2.75, 3.05) is 13.2 Å². The first-order valence-corrected chi connectivity index (χ1v) is 7.08. The first-order chi connectivity index (χ1) is 10.1. The Balaban J connectivity index is 1.84. The fourth-order valence-electron chi connectivity index (χ4n) is 2.56. The highest BCUT2D eigenvalue weighted by molar-refractivity contribution is 5.96. The lowest BCUT2D eigenvalue weighted by atomic mass is 10.1. The second-order valence-corrected chi connectivity index (χ2v) is 5.29. The Kier molecular flexibility index (Phi) is 3.75. The second-order valence-electron chi connectivity index (χ2n) is 5.29. The molecule has 3 rings (SSSR count). The molecule has 1 aromatic carbocycles. The van der Waals surface area contributed by atoms with Crippen LogP contribution in [-0.4, -0.2) is 25.2 Å². The summed E-state index contributed by atoms with van der Waals surface area (Å²) in [6, 6.07) is 7.13. The molecule has 1 aromatic heterocycles. The van der Waals surface area contributed by atoms with Crippen molar-refractivity contribution in [2.24, 2.45) is 0 Å². The van der Waals surface area contributed by atoms with E-state index in [2.05, 4.69) is 5.32 Å². The monoisotopic (exact) mass is 287 g/mol. The highest BCUT2D eigenvalue weighted by Crippen LogP contribution is 2.17. The highest BCUT2D eigenvalue weighted by atomic mass is 16.5. The van der Waals surface area contributed by atoms with Crippen LogP contribution >= 0.6 is 0 Å². The van der Waals surface area contributed by atoms with Crippen molar-refractivity contribution in [3.63, 3.8) is 0 Å². The lowest BCUT2D eigenvalue weighted by molar-refractivity contribution is 0.0855. The van der Waals surface area contributed by atoms with E-state index in [-0.39, 0.29) is 11.7 Å². The van der Waals surface area contributed by atoms with E-state index in [1.165, 1.54) is 0 Å². The van der Waals surface area contributed by atoms with Crippen LogP contribution in [0, 0.1) is 6.92 Å². The number of aryl methyl sites for hydroxylation is 1. The molecule has 0 saturated carbocycles. The van der Waals surface area contributed by atoms with Gasteiger partial charge in [0.25, 0.3) is 5.91 Å². The van der Waals surface area contributed by atoms with Gasteiger partial charge in [-0.05, 0) is 31.4 Å². The van der Waals surface area contributed by atoms with E-state index in [1.807, 2.05) is 25.1 Å². The molecule has 0 unspecified atom stereocenters. The molecule has 1 aliphatic heterocycles. The Morgan fingerprint density at radius 2 is 2.29 bits per heavy atom. The minimum absolute atomic E-state index is 0.0334. The first-order valence-electron chi connectivity index (χ1n) is 7.08. The molecule has 5 heteroatoms. The maximum absolute atomic E-state index is 12.1. The van der Waals surface area contributed by atoms with Gasteiger partial charge in [-0.3, -0.25) is 4.79 Å². The number of hydrogen-bond donors (Lipinski definition) is 1. The lowest BCUT2D eigenvalue weighted by Crippen LogP contribution is -2.34. The van der Waals surface area contributed by atoms with Crippen molar-refractivity contribution in [1.29, 1.82) is 0 Å². The number of hydrogen-bond acceptors (Lipinski definition) is 4. The van der Waals surface area contributed by atoms with E-state index in [0.717, 1.165) is 30.4 Å². The summed E-state index contributed by atoms with van der Waals surface area (Å²) in [6.07, 6.45) is 1.99. The molecule has 110 valence electrons. The van der Waals surface area contributed by atoms with Crippen LogP contribution in [0.1, 0.15) is 28.8 Å². The standard InChI is InChI=1S/C16H17NO4/c1-10-4-2-5-11-8-13(16(19)21-14(10)11)15(18)17-9-12-6-3-7-20-12/h2,4-5,8,12H,3,6-7,9H2,1H3,(H,17,18)/t12-/m1/s1. The zero-order valence-corrected chi connectivity index (χ0v) is 11.8. The SMILES string of the molecule is Cc1cccc2cc(C(=O)NC[C@H]3CCCO3)c(=O)oc12. The summed E-state index contributed by atoms with van der Waals surface area (Å²) in [4.78, 5) is 24.1. The number of carbonyl (C=O) groups is 1. The van der Waals surface area contributed by atoms with E-state index in [4.69, 9.17) is 9.15 Å². The summed E-state index contributed by atoms with van der Waals surface area (Å²) in [5.74, 6) is -0.414. The second kappa shape index (κ2) is 5.69. The topological polar surface area (TPSA) is 68.5 Å². The van der Waals surface area contributed by atoms with Crippen LogP contribution in [-0.2, 0) is 4.74 Å². The average Bonchev–Trinajstić information content (AvgIpc) is 2.98. The van der Waals surface area contributed by atoms with E-state index < -0.39 is 11.5 Å². The predicted octanol–water partition coefficient (Wildman–Crippen LogP) is 2.01. The molecule has 0 spiro atoms. The van der Waals surface area contributed by atoms with Gasteiger partial charge in [0, 0.05) is 18.5 Å². The van der Waals surface area contributed by atoms with Gasteiger partial charge in [-0.15, -0.1) is 0 Å². The van der Waals surface area contributed by atoms with Gasteiger partial charge in [0.15, 0.2) is 0 Å². The molecule has 2 heterocycles. The minimum Gasteiger partial charge on any atom is -0.422 e. The Hall–Kier alpha value is -2.14. The van der Waals surface area contributed by atoms with E-state index in [1.54, 1.807) is 6.07 Å². The van der Waals surface area contributed by atoms with Gasteiger partial charge in [-0.1, -0.05) is 18.2 Å². The molecule has 21 heavy (non-hydrogen) atoms. The Morgan fingerprint density at radius 3 is 3.05 bits per heavy atom. The number of carbonyl (C=O) groups excluding carboxylic acids is 1. The molecule has 1 amide bonds. The minimum atomic E-state index is -0.610. The number of benzene rings is 1. The Labute approximate surface area is 121 Å². The normalized spacial score (nSPS) is 18.0. The van der Waals surface area contributed by atoms with Gasteiger partial charge in [0.05, 0.1) is 6.10 Å². The van der Waals surface area contributed by atoms with Crippen LogP contribution in [0.3, 0.4) is 0 Å². The van der Waals surface area contributed by atoms with E-state index in [9.17, 15) is 9.59 Å². The number of para-hydroxylation sites is 1. The largest absolute Gasteiger partial charge is 0.422 e. The fraction of sp³-hybridized carbons (Fsp3) is 0.375. The zero-order chi connectivity index (χ0) is 14.8. The molecule has 2 aromatic rings. The quantitative estimate of drug-likeness (QED) is 0.877. The molecule has 0 aliphatic carbocycles. The third-order valence-corrected chi connectivity index (χ3v) is 3.72. The molecule has 0 radical (unpaired) electrons. The van der Waals surface area contributed by atoms with E-state index in [0.29, 0.717) is 12.1 Å². The van der Waals surface area contributed by atoms with Gasteiger partial charge in [-0.25, -0.2) is 4.79 Å². The van der Waals surface area contributed by atoms with Crippen molar-refractivity contribution in [2.45, 2.75) is 25.9 Å². The van der Waals surface area contributed by atoms with Gasteiger partial charge in [-0.2, -0.15) is 0 Å². The van der Waals surface area contributed by atoms with Crippen molar-refractivity contribution >= 4 is 16.9 Å². The summed E-state index contributed by atoms with van der Waals surface area (Å²) < 4.78 is 10.7. The summed E-state index contributed by atoms with van der Waals surface area (Å²) in [5, 5.41) is 3.48. The molecule has 5 nitrogen and oxygen atoms in total. The van der Waals surface area contributed by atoms with Crippen molar-refractivity contribution in [3.05, 3.63) is 45.8 Å². The zero-order valence-electron chi connectivity index (χ0n) is 11.8. The van der Waals surface area contributed by atoms with Crippen molar-refractivity contribution in [1.82, 2.24) is 5.32 Å². The molecular weight excluding hydrogens is 270 g/mol. The number of amides is 1. The van der Waals surface area contributed by atoms with Crippen LogP contribution in [0.25, 0.3) is 11.0 Å². The summed E-state index contributed by atoms with van der Waals surface area (Å²) in [6.45, 7) is 3.02. The summed E-state index contributed by atoms with van der Waals surface area (Å²) >= 11 is 0. The smallest absolute Gasteiger partial charge is 0.349 e. The van der Waals surface area contributed by atoms with Crippen LogP contribution in [0.5, 0.6) is 0 Å². The molecule has 1 saturated heterocycles. The van der Waals surface area contributed by atoms with Gasteiger partial charge >= 0.3 is 5.63 Å². The molecule has 1 atom stereocenters. The third kappa shape index (κ3) is 2.83. The molecule has 1 fully saturated rings. The predicted molar refractivity (Wildman–Crippen MR) is 78.5 cm³/mol. The maximum Gasteiger partial charge on any atom is 0.349 e. The first kappa shape index (κ1) is 13.8. The third-order valence-electron chi connectivity index (χ3n) is 3.72. The maximum atomic E-state index is 12.1. The van der Waals surface area contributed by atoms with Crippen LogP contribution in [0.2, 0.25) is 0 Å². The van der Waals surface area contributed by atoms with Crippen LogP contribution in [0.15, 0.2) is 33.5 Å². The highest BCUT2D eigenvalue weighted by Gasteiger charge is 2.19. The van der Waals surface area contributed by atoms with Gasteiger partial charge < -0.3 is 14.5 Å². The Bertz CT molecular complexity index is 729. The number of ether oxygens (including phenoxy) is 1. The number of nitrogens with one attached hydrogen (secondary N) is 1. The Morgan fingerprint density at radius 1 is 1.43 bits per heavy atom. The summed E-state index contributed by atoms with van der Waals surface area (Å²) in [7, 11) is 0.